The first-order valence-corrected chi connectivity index (χ1v) is 8.47. The Labute approximate surface area is 145 Å². The number of nitrogens with one attached hydrogen (secondary N) is 1. The zero-order chi connectivity index (χ0) is 17.6. The maximum atomic E-state index is 14.1. The zero-order valence-electron chi connectivity index (χ0n) is 14.6. The highest BCUT2D eigenvalue weighted by Crippen LogP contribution is 2.35. The van der Waals surface area contributed by atoms with Gasteiger partial charge in [-0.25, -0.2) is 9.37 Å². The molecule has 1 fully saturated rings. The van der Waals surface area contributed by atoms with Crippen molar-refractivity contribution in [3.05, 3.63) is 53.2 Å². The van der Waals surface area contributed by atoms with Gasteiger partial charge in [-0.05, 0) is 32.4 Å². The van der Waals surface area contributed by atoms with E-state index in [9.17, 15) is 4.39 Å². The summed E-state index contributed by atoms with van der Waals surface area (Å²) >= 11 is 0. The van der Waals surface area contributed by atoms with Gasteiger partial charge in [0.25, 0.3) is 0 Å². The molecular formula is C19H21FN4O. The fourth-order valence-electron chi connectivity index (χ4n) is 3.50. The number of benzene rings is 1. The van der Waals surface area contributed by atoms with Gasteiger partial charge in [0, 0.05) is 41.7 Å². The molecule has 1 aliphatic heterocycles. The first kappa shape index (κ1) is 16.0. The van der Waals surface area contributed by atoms with Gasteiger partial charge < -0.3 is 10.1 Å². The first-order valence-electron chi connectivity index (χ1n) is 8.47. The van der Waals surface area contributed by atoms with Gasteiger partial charge >= 0.3 is 0 Å². The van der Waals surface area contributed by atoms with E-state index in [0.717, 1.165) is 34.4 Å². The number of rotatable bonds is 3. The molecule has 1 saturated heterocycles. The minimum absolute atomic E-state index is 0.0641. The molecule has 1 aliphatic rings. The molecule has 1 N–H and O–H groups in total. The first-order chi connectivity index (χ1) is 12.0. The van der Waals surface area contributed by atoms with Crippen LogP contribution in [0.5, 0.6) is 0 Å². The fraction of sp³-hybridized carbons (Fsp3) is 0.368. The number of ether oxygens (including phenoxy) is 1. The van der Waals surface area contributed by atoms with E-state index in [1.54, 1.807) is 6.07 Å². The van der Waals surface area contributed by atoms with E-state index in [4.69, 9.17) is 4.74 Å². The lowest BCUT2D eigenvalue weighted by molar-refractivity contribution is 0.107. The van der Waals surface area contributed by atoms with Crippen molar-refractivity contribution in [2.24, 2.45) is 7.05 Å². The van der Waals surface area contributed by atoms with Crippen molar-refractivity contribution >= 4 is 16.6 Å². The molecule has 3 aromatic rings. The van der Waals surface area contributed by atoms with E-state index in [0.29, 0.717) is 12.1 Å². The van der Waals surface area contributed by atoms with Gasteiger partial charge in [-0.1, -0.05) is 12.1 Å². The SMILES string of the molecule is Cc1cc(N[C@H]2CCO[C@@H]2c2cnn(C)c2C)c2cccc(F)c2n1. The number of aromatic nitrogens is 3. The highest BCUT2D eigenvalue weighted by molar-refractivity contribution is 5.92. The molecule has 3 heterocycles. The van der Waals surface area contributed by atoms with E-state index in [2.05, 4.69) is 15.4 Å². The molecule has 25 heavy (non-hydrogen) atoms. The second-order valence-corrected chi connectivity index (χ2v) is 6.59. The molecule has 4 rings (SSSR count). The average Bonchev–Trinajstić information content (AvgIpc) is 3.16. The molecule has 2 aromatic heterocycles. The number of para-hydroxylation sites is 1. The third kappa shape index (κ3) is 2.76. The lowest BCUT2D eigenvalue weighted by atomic mass is 10.0. The van der Waals surface area contributed by atoms with Crippen LogP contribution in [0.1, 0.15) is 29.5 Å². The summed E-state index contributed by atoms with van der Waals surface area (Å²) in [6.45, 7) is 4.61. The molecule has 0 aliphatic carbocycles. The average molecular weight is 340 g/mol. The van der Waals surface area contributed by atoms with E-state index in [-0.39, 0.29) is 18.0 Å². The second-order valence-electron chi connectivity index (χ2n) is 6.59. The summed E-state index contributed by atoms with van der Waals surface area (Å²) in [5.41, 5.74) is 4.27. The van der Waals surface area contributed by atoms with E-state index in [1.807, 2.05) is 43.9 Å². The monoisotopic (exact) mass is 340 g/mol. The van der Waals surface area contributed by atoms with Crippen LogP contribution in [0.2, 0.25) is 0 Å². The zero-order valence-corrected chi connectivity index (χ0v) is 14.6. The second kappa shape index (κ2) is 6.11. The normalized spacial score (nSPS) is 20.3. The Bertz CT molecular complexity index is 937. The van der Waals surface area contributed by atoms with Gasteiger partial charge in [0.05, 0.1) is 12.2 Å². The maximum absolute atomic E-state index is 14.1. The number of aryl methyl sites for hydroxylation is 2. The molecule has 0 unspecified atom stereocenters. The molecule has 1 aromatic carbocycles. The topological polar surface area (TPSA) is 52.0 Å². The Hall–Kier alpha value is -2.47. The van der Waals surface area contributed by atoms with Gasteiger partial charge in [-0.15, -0.1) is 0 Å². The molecule has 0 radical (unpaired) electrons. The number of halogens is 1. The smallest absolute Gasteiger partial charge is 0.149 e. The summed E-state index contributed by atoms with van der Waals surface area (Å²) in [7, 11) is 1.93. The van der Waals surface area contributed by atoms with Gasteiger partial charge in [-0.2, -0.15) is 5.10 Å². The van der Waals surface area contributed by atoms with Crippen LogP contribution >= 0.6 is 0 Å². The van der Waals surface area contributed by atoms with Crippen molar-refractivity contribution in [3.8, 4) is 0 Å². The third-order valence-electron chi connectivity index (χ3n) is 4.93. The van der Waals surface area contributed by atoms with Crippen LogP contribution in [0, 0.1) is 19.7 Å². The Morgan fingerprint density at radius 2 is 2.16 bits per heavy atom. The fourth-order valence-corrected chi connectivity index (χ4v) is 3.50. The molecule has 5 nitrogen and oxygen atoms in total. The minimum Gasteiger partial charge on any atom is -0.379 e. The van der Waals surface area contributed by atoms with E-state index >= 15 is 0 Å². The predicted octanol–water partition coefficient (Wildman–Crippen LogP) is 3.67. The molecule has 130 valence electrons. The summed E-state index contributed by atoms with van der Waals surface area (Å²) < 4.78 is 22.0. The Morgan fingerprint density at radius 3 is 2.92 bits per heavy atom. The largest absolute Gasteiger partial charge is 0.379 e. The predicted molar refractivity (Wildman–Crippen MR) is 95.1 cm³/mol. The molecular weight excluding hydrogens is 319 g/mol. The van der Waals surface area contributed by atoms with Crippen LogP contribution in [0.3, 0.4) is 0 Å². The molecule has 2 atom stereocenters. The number of nitrogens with zero attached hydrogens (tertiary/aromatic N) is 3. The number of pyridine rings is 1. The highest BCUT2D eigenvalue weighted by atomic mass is 19.1. The van der Waals surface area contributed by atoms with E-state index < -0.39 is 0 Å². The van der Waals surface area contributed by atoms with Crippen LogP contribution in [0.25, 0.3) is 10.9 Å². The molecule has 6 heteroatoms. The van der Waals surface area contributed by atoms with Crippen LogP contribution in [-0.2, 0) is 11.8 Å². The van der Waals surface area contributed by atoms with Gasteiger partial charge in [0.1, 0.15) is 17.4 Å². The van der Waals surface area contributed by atoms with Crippen LogP contribution < -0.4 is 5.32 Å². The standard InChI is InChI=1S/C19H21FN4O/c1-11-9-17(13-5-4-6-15(20)18(13)22-11)23-16-7-8-25-19(16)14-10-21-24(3)12(14)2/h4-6,9-10,16,19H,7-8H2,1-3H3,(H,22,23)/t16-,19+/m0/s1. The lowest BCUT2D eigenvalue weighted by Gasteiger charge is -2.22. The number of anilines is 1. The lowest BCUT2D eigenvalue weighted by Crippen LogP contribution is -2.24. The summed E-state index contributed by atoms with van der Waals surface area (Å²) in [6, 6.07) is 7.13. The van der Waals surface area contributed by atoms with Crippen molar-refractivity contribution < 1.29 is 9.13 Å². The summed E-state index contributed by atoms with van der Waals surface area (Å²) in [6.07, 6.45) is 2.69. The summed E-state index contributed by atoms with van der Waals surface area (Å²) in [5.74, 6) is -0.299. The molecule has 0 bridgehead atoms. The van der Waals surface area contributed by atoms with Crippen molar-refractivity contribution in [1.82, 2.24) is 14.8 Å². The molecule has 0 saturated carbocycles. The molecule has 0 amide bonds. The highest BCUT2D eigenvalue weighted by Gasteiger charge is 2.32. The van der Waals surface area contributed by atoms with Crippen LogP contribution in [-0.4, -0.2) is 27.4 Å². The summed E-state index contributed by atoms with van der Waals surface area (Å²) in [4.78, 5) is 4.35. The number of hydrogen-bond acceptors (Lipinski definition) is 4. The van der Waals surface area contributed by atoms with E-state index in [1.165, 1.54) is 6.07 Å². The quantitative estimate of drug-likeness (QED) is 0.790. The minimum atomic E-state index is -0.299. The van der Waals surface area contributed by atoms with Gasteiger partial charge in [0.2, 0.25) is 0 Å². The summed E-state index contributed by atoms with van der Waals surface area (Å²) in [5, 5.41) is 8.69. The van der Waals surface area contributed by atoms with Gasteiger partial charge in [0.15, 0.2) is 0 Å². The Balaban J connectivity index is 1.71. The number of hydrogen-bond donors (Lipinski definition) is 1. The van der Waals surface area contributed by atoms with Crippen molar-refractivity contribution in [2.45, 2.75) is 32.4 Å². The van der Waals surface area contributed by atoms with Crippen LogP contribution in [0.15, 0.2) is 30.5 Å². The van der Waals surface area contributed by atoms with Crippen molar-refractivity contribution in [2.75, 3.05) is 11.9 Å². The van der Waals surface area contributed by atoms with Crippen molar-refractivity contribution in [1.29, 1.82) is 0 Å². The Morgan fingerprint density at radius 1 is 1.32 bits per heavy atom. The molecule has 0 spiro atoms. The van der Waals surface area contributed by atoms with Crippen LogP contribution in [0.4, 0.5) is 10.1 Å². The number of fused-ring (bicyclic) bond motifs is 1. The maximum Gasteiger partial charge on any atom is 0.149 e. The Kier molecular flexibility index (Phi) is 3.92. The van der Waals surface area contributed by atoms with Crippen molar-refractivity contribution in [3.63, 3.8) is 0 Å². The van der Waals surface area contributed by atoms with Gasteiger partial charge in [-0.3, -0.25) is 4.68 Å². The third-order valence-corrected chi connectivity index (χ3v) is 4.93.